The molecule has 0 saturated carbocycles. The van der Waals surface area contributed by atoms with Crippen LogP contribution in [0.2, 0.25) is 5.02 Å². The number of halogens is 1. The van der Waals surface area contributed by atoms with Crippen LogP contribution in [0.4, 0.5) is 0 Å². The van der Waals surface area contributed by atoms with E-state index in [1.54, 1.807) is 11.0 Å². The van der Waals surface area contributed by atoms with Crippen LogP contribution in [0.15, 0.2) is 54.9 Å². The number of amides is 1. The van der Waals surface area contributed by atoms with Crippen molar-refractivity contribution in [2.75, 3.05) is 5.43 Å². The first kappa shape index (κ1) is 13.6. The van der Waals surface area contributed by atoms with Gasteiger partial charge >= 0.3 is 0 Å². The standard InChI is InChI=1S/C16H14ClN3O/c17-13-8-5-12(6-9-13)7-10-16(21)19-20-11-18-14-3-1-2-4-15(14)20/h1-6,8-9,11H,7,10H2,(H,19,21). The Kier molecular flexibility index (Phi) is 3.88. The molecule has 2 aromatic carbocycles. The van der Waals surface area contributed by atoms with Crippen molar-refractivity contribution in [3.05, 3.63) is 65.4 Å². The van der Waals surface area contributed by atoms with Crippen LogP contribution in [0.3, 0.4) is 0 Å². The second-order valence-electron chi connectivity index (χ2n) is 4.76. The Hall–Kier alpha value is -2.33. The van der Waals surface area contributed by atoms with Gasteiger partial charge in [-0.25, -0.2) is 9.66 Å². The molecule has 3 aromatic rings. The van der Waals surface area contributed by atoms with Gasteiger partial charge in [0.25, 0.3) is 0 Å². The van der Waals surface area contributed by atoms with Gasteiger partial charge in [-0.3, -0.25) is 10.2 Å². The molecule has 0 aliphatic heterocycles. The molecule has 1 aromatic heterocycles. The number of para-hydroxylation sites is 2. The SMILES string of the molecule is O=C(CCc1ccc(Cl)cc1)Nn1cnc2ccccc21. The van der Waals surface area contributed by atoms with E-state index in [2.05, 4.69) is 10.4 Å². The number of rotatable bonds is 4. The molecule has 0 atom stereocenters. The van der Waals surface area contributed by atoms with Crippen LogP contribution in [0, 0.1) is 0 Å². The molecule has 0 bridgehead atoms. The van der Waals surface area contributed by atoms with Crippen molar-refractivity contribution in [3.8, 4) is 0 Å². The predicted molar refractivity (Wildman–Crippen MR) is 83.9 cm³/mol. The van der Waals surface area contributed by atoms with Crippen LogP contribution in [0.5, 0.6) is 0 Å². The smallest absolute Gasteiger partial charge is 0.239 e. The Morgan fingerprint density at radius 3 is 2.71 bits per heavy atom. The summed E-state index contributed by atoms with van der Waals surface area (Å²) in [5, 5.41) is 0.702. The summed E-state index contributed by atoms with van der Waals surface area (Å²) in [6.07, 6.45) is 2.70. The van der Waals surface area contributed by atoms with Crippen molar-refractivity contribution < 1.29 is 4.79 Å². The molecule has 0 aliphatic rings. The Balaban J connectivity index is 1.62. The number of imidazole rings is 1. The van der Waals surface area contributed by atoms with E-state index in [4.69, 9.17) is 11.6 Å². The number of hydrogen-bond donors (Lipinski definition) is 1. The van der Waals surface area contributed by atoms with Crippen molar-refractivity contribution in [2.24, 2.45) is 0 Å². The summed E-state index contributed by atoms with van der Waals surface area (Å²) in [5.74, 6) is -0.0481. The highest BCUT2D eigenvalue weighted by atomic mass is 35.5. The highest BCUT2D eigenvalue weighted by Gasteiger charge is 2.06. The summed E-state index contributed by atoms with van der Waals surface area (Å²) in [5.41, 5.74) is 5.67. The van der Waals surface area contributed by atoms with Gasteiger partial charge in [-0.1, -0.05) is 35.9 Å². The van der Waals surface area contributed by atoms with E-state index in [0.29, 0.717) is 17.9 Å². The molecule has 0 spiro atoms. The van der Waals surface area contributed by atoms with Crippen molar-refractivity contribution in [1.29, 1.82) is 0 Å². The number of hydrogen-bond acceptors (Lipinski definition) is 2. The number of aryl methyl sites for hydroxylation is 1. The van der Waals surface area contributed by atoms with Crippen molar-refractivity contribution >= 4 is 28.5 Å². The molecular weight excluding hydrogens is 286 g/mol. The van der Waals surface area contributed by atoms with Gasteiger partial charge in [0, 0.05) is 11.4 Å². The molecule has 4 nitrogen and oxygen atoms in total. The Morgan fingerprint density at radius 2 is 1.90 bits per heavy atom. The van der Waals surface area contributed by atoms with E-state index < -0.39 is 0 Å². The lowest BCUT2D eigenvalue weighted by atomic mass is 10.1. The monoisotopic (exact) mass is 299 g/mol. The van der Waals surface area contributed by atoms with Crippen molar-refractivity contribution in [3.63, 3.8) is 0 Å². The zero-order chi connectivity index (χ0) is 14.7. The summed E-state index contributed by atoms with van der Waals surface area (Å²) < 4.78 is 1.65. The lowest BCUT2D eigenvalue weighted by Gasteiger charge is -2.07. The minimum Gasteiger partial charge on any atom is -0.273 e. The fourth-order valence-corrected chi connectivity index (χ4v) is 2.27. The number of benzene rings is 2. The van der Waals surface area contributed by atoms with Crippen molar-refractivity contribution in [1.82, 2.24) is 9.66 Å². The van der Waals surface area contributed by atoms with Crippen LogP contribution < -0.4 is 5.43 Å². The third kappa shape index (κ3) is 3.23. The van der Waals surface area contributed by atoms with Crippen molar-refractivity contribution in [2.45, 2.75) is 12.8 Å². The number of nitrogens with one attached hydrogen (secondary N) is 1. The predicted octanol–water partition coefficient (Wildman–Crippen LogP) is 3.39. The third-order valence-corrected chi connectivity index (χ3v) is 3.50. The first-order valence-electron chi connectivity index (χ1n) is 6.69. The molecule has 0 radical (unpaired) electrons. The first-order valence-corrected chi connectivity index (χ1v) is 7.06. The lowest BCUT2D eigenvalue weighted by molar-refractivity contribution is -0.117. The average Bonchev–Trinajstić information content (AvgIpc) is 2.90. The second kappa shape index (κ2) is 5.97. The molecule has 1 amide bonds. The molecule has 1 N–H and O–H groups in total. The molecule has 106 valence electrons. The quantitative estimate of drug-likeness (QED) is 0.802. The summed E-state index contributed by atoms with van der Waals surface area (Å²) in [6.45, 7) is 0. The maximum atomic E-state index is 12.0. The fraction of sp³-hybridized carbons (Fsp3) is 0.125. The molecule has 0 unspecified atom stereocenters. The summed E-state index contributed by atoms with van der Waals surface area (Å²) in [7, 11) is 0. The van der Waals surface area contributed by atoms with Gasteiger partial charge in [-0.15, -0.1) is 0 Å². The molecule has 0 aliphatic carbocycles. The van der Waals surface area contributed by atoms with Gasteiger partial charge in [-0.05, 0) is 36.2 Å². The van der Waals surface area contributed by atoms with E-state index in [0.717, 1.165) is 16.6 Å². The number of carbonyl (C=O) groups excluding carboxylic acids is 1. The lowest BCUT2D eigenvalue weighted by Crippen LogP contribution is -2.22. The molecule has 0 fully saturated rings. The van der Waals surface area contributed by atoms with Gasteiger partial charge in [0.15, 0.2) is 0 Å². The Bertz CT molecular complexity index is 765. The number of carbonyl (C=O) groups is 1. The largest absolute Gasteiger partial charge is 0.273 e. The minimum absolute atomic E-state index is 0.0481. The van der Waals surface area contributed by atoms with E-state index in [-0.39, 0.29) is 5.91 Å². The van der Waals surface area contributed by atoms with Gasteiger partial charge < -0.3 is 0 Å². The number of aromatic nitrogens is 2. The fourth-order valence-electron chi connectivity index (χ4n) is 2.15. The highest BCUT2D eigenvalue weighted by molar-refractivity contribution is 6.30. The summed E-state index contributed by atoms with van der Waals surface area (Å²) in [4.78, 5) is 16.2. The third-order valence-electron chi connectivity index (χ3n) is 3.25. The normalized spacial score (nSPS) is 10.7. The maximum absolute atomic E-state index is 12.0. The molecular formula is C16H14ClN3O. The van der Waals surface area contributed by atoms with E-state index >= 15 is 0 Å². The van der Waals surface area contributed by atoms with E-state index in [1.165, 1.54) is 0 Å². The van der Waals surface area contributed by atoms with Crippen LogP contribution in [-0.2, 0) is 11.2 Å². The topological polar surface area (TPSA) is 46.9 Å². The van der Waals surface area contributed by atoms with Gasteiger partial charge in [0.05, 0.1) is 11.0 Å². The zero-order valence-electron chi connectivity index (χ0n) is 11.3. The molecule has 0 saturated heterocycles. The maximum Gasteiger partial charge on any atom is 0.239 e. The first-order chi connectivity index (χ1) is 10.2. The van der Waals surface area contributed by atoms with Crippen LogP contribution in [-0.4, -0.2) is 15.6 Å². The highest BCUT2D eigenvalue weighted by Crippen LogP contribution is 2.12. The Labute approximate surface area is 127 Å². The summed E-state index contributed by atoms with van der Waals surface area (Å²) >= 11 is 5.84. The van der Waals surface area contributed by atoms with Gasteiger partial charge in [0.2, 0.25) is 5.91 Å². The minimum atomic E-state index is -0.0481. The van der Waals surface area contributed by atoms with Crippen LogP contribution in [0.25, 0.3) is 11.0 Å². The van der Waals surface area contributed by atoms with E-state index in [1.807, 2.05) is 48.5 Å². The average molecular weight is 300 g/mol. The molecule has 1 heterocycles. The zero-order valence-corrected chi connectivity index (χ0v) is 12.0. The number of fused-ring (bicyclic) bond motifs is 1. The van der Waals surface area contributed by atoms with Gasteiger partial charge in [0.1, 0.15) is 6.33 Å². The molecule has 21 heavy (non-hydrogen) atoms. The molecule has 5 heteroatoms. The van der Waals surface area contributed by atoms with Gasteiger partial charge in [-0.2, -0.15) is 0 Å². The van der Waals surface area contributed by atoms with E-state index in [9.17, 15) is 4.79 Å². The second-order valence-corrected chi connectivity index (χ2v) is 5.20. The van der Waals surface area contributed by atoms with Crippen LogP contribution >= 0.6 is 11.6 Å². The molecule has 3 rings (SSSR count). The summed E-state index contributed by atoms with van der Waals surface area (Å²) in [6, 6.07) is 15.2. The number of nitrogens with zero attached hydrogens (tertiary/aromatic N) is 2. The van der Waals surface area contributed by atoms with Crippen LogP contribution in [0.1, 0.15) is 12.0 Å². The Morgan fingerprint density at radius 1 is 1.14 bits per heavy atom.